The van der Waals surface area contributed by atoms with Gasteiger partial charge in [-0.15, -0.1) is 5.92 Å². The maximum absolute atomic E-state index is 3.06. The van der Waals surface area contributed by atoms with Crippen LogP contribution in [0.4, 0.5) is 0 Å². The van der Waals surface area contributed by atoms with Gasteiger partial charge in [-0.2, -0.15) is 0 Å². The molecule has 0 aliphatic carbocycles. The van der Waals surface area contributed by atoms with Crippen molar-refractivity contribution in [3.63, 3.8) is 0 Å². The number of hydrogen-bond acceptors (Lipinski definition) is 0. The molecule has 0 saturated carbocycles. The molecule has 0 saturated heterocycles. The monoisotopic (exact) mass is 191 g/mol. The summed E-state index contributed by atoms with van der Waals surface area (Å²) in [5.74, 6) is 5.97. The van der Waals surface area contributed by atoms with Gasteiger partial charge in [0.15, 0.2) is 0 Å². The van der Waals surface area contributed by atoms with Crippen LogP contribution in [0.1, 0.15) is 12.5 Å². The summed E-state index contributed by atoms with van der Waals surface area (Å²) in [5.41, 5.74) is 3.46. The van der Waals surface area contributed by atoms with Gasteiger partial charge in [0.1, 0.15) is 0 Å². The van der Waals surface area contributed by atoms with E-state index in [2.05, 4.69) is 42.2 Å². The fourth-order valence-corrected chi connectivity index (χ4v) is 1.50. The summed E-state index contributed by atoms with van der Waals surface area (Å²) < 4.78 is 0. The molecule has 2 aromatic carbocycles. The van der Waals surface area contributed by atoms with E-state index >= 15 is 0 Å². The van der Waals surface area contributed by atoms with Crippen molar-refractivity contribution >= 4 is 0 Å². The highest BCUT2D eigenvalue weighted by atomic mass is 14.0. The molecule has 2 aromatic rings. The highest BCUT2D eigenvalue weighted by Crippen LogP contribution is 2.19. The first-order valence-electron chi connectivity index (χ1n) is 4.89. The predicted octanol–water partition coefficient (Wildman–Crippen LogP) is 3.53. The predicted molar refractivity (Wildman–Crippen MR) is 63.3 cm³/mol. The molecule has 2 rings (SSSR count). The summed E-state index contributed by atoms with van der Waals surface area (Å²) in [6, 6.07) is 19.2. The zero-order chi connectivity index (χ0) is 10.5. The van der Waals surface area contributed by atoms with E-state index in [4.69, 9.17) is 0 Å². The van der Waals surface area contributed by atoms with Gasteiger partial charge in [-0.1, -0.05) is 42.3 Å². The zero-order valence-electron chi connectivity index (χ0n) is 8.62. The van der Waals surface area contributed by atoms with Crippen LogP contribution in [-0.2, 0) is 0 Å². The van der Waals surface area contributed by atoms with Crippen LogP contribution in [0.2, 0.25) is 0 Å². The Kier molecular flexibility index (Phi) is 2.85. The van der Waals surface area contributed by atoms with Crippen molar-refractivity contribution in [3.05, 3.63) is 60.2 Å². The Morgan fingerprint density at radius 1 is 1.00 bits per heavy atom. The molecular weight excluding hydrogens is 180 g/mol. The van der Waals surface area contributed by atoms with Gasteiger partial charge in [0, 0.05) is 5.56 Å². The average molecular weight is 191 g/mol. The quantitative estimate of drug-likeness (QED) is 0.605. The lowest BCUT2D eigenvalue weighted by molar-refractivity contribution is 1.58. The Balaban J connectivity index is 2.44. The van der Waals surface area contributed by atoms with E-state index in [1.165, 1.54) is 11.1 Å². The third kappa shape index (κ3) is 2.27. The SMILES string of the molecule is CC#Cc1cccc(-c2cc[c]cc2)c1. The molecule has 71 valence electrons. The smallest absolute Gasteiger partial charge is 0.0251 e. The van der Waals surface area contributed by atoms with Crippen LogP contribution in [0.15, 0.2) is 48.5 Å². The minimum absolute atomic E-state index is 1.06. The summed E-state index contributed by atoms with van der Waals surface area (Å²) in [6.45, 7) is 1.85. The first kappa shape index (κ1) is 9.55. The molecule has 0 fully saturated rings. The fraction of sp³-hybridized carbons (Fsp3) is 0.0667. The third-order valence-corrected chi connectivity index (χ3v) is 2.18. The van der Waals surface area contributed by atoms with E-state index in [1.54, 1.807) is 0 Å². The van der Waals surface area contributed by atoms with Crippen LogP contribution in [0.3, 0.4) is 0 Å². The summed E-state index contributed by atoms with van der Waals surface area (Å²) in [6.07, 6.45) is 0. The topological polar surface area (TPSA) is 0 Å². The second-order valence-corrected chi connectivity index (χ2v) is 3.24. The van der Waals surface area contributed by atoms with Gasteiger partial charge in [0.25, 0.3) is 0 Å². The second-order valence-electron chi connectivity index (χ2n) is 3.24. The maximum Gasteiger partial charge on any atom is 0.0251 e. The molecule has 0 amide bonds. The van der Waals surface area contributed by atoms with E-state index in [9.17, 15) is 0 Å². The van der Waals surface area contributed by atoms with E-state index in [0.717, 1.165) is 5.56 Å². The van der Waals surface area contributed by atoms with E-state index in [-0.39, 0.29) is 0 Å². The van der Waals surface area contributed by atoms with Crippen molar-refractivity contribution in [1.29, 1.82) is 0 Å². The van der Waals surface area contributed by atoms with Crippen molar-refractivity contribution in [3.8, 4) is 23.0 Å². The van der Waals surface area contributed by atoms with Crippen molar-refractivity contribution < 1.29 is 0 Å². The molecule has 15 heavy (non-hydrogen) atoms. The Hall–Kier alpha value is -2.00. The van der Waals surface area contributed by atoms with Gasteiger partial charge in [-0.25, -0.2) is 0 Å². The van der Waals surface area contributed by atoms with Gasteiger partial charge in [-0.3, -0.25) is 0 Å². The molecule has 0 nitrogen and oxygen atoms in total. The average Bonchev–Trinajstić information content (AvgIpc) is 2.31. The standard InChI is InChI=1S/C15H11/c1-2-7-13-8-6-11-15(12-13)14-9-4-3-5-10-14/h4-6,8-12H,1H3. The Morgan fingerprint density at radius 2 is 1.80 bits per heavy atom. The molecule has 0 bridgehead atoms. The molecule has 0 N–H and O–H groups in total. The number of benzene rings is 2. The van der Waals surface area contributed by atoms with Crippen LogP contribution in [0.5, 0.6) is 0 Å². The van der Waals surface area contributed by atoms with Crippen molar-refractivity contribution in [2.24, 2.45) is 0 Å². The molecule has 0 heteroatoms. The largest absolute Gasteiger partial charge is 0.101 e. The van der Waals surface area contributed by atoms with Crippen LogP contribution in [0, 0.1) is 17.9 Å². The summed E-state index contributed by atoms with van der Waals surface area (Å²) >= 11 is 0. The first-order valence-corrected chi connectivity index (χ1v) is 4.89. The van der Waals surface area contributed by atoms with Gasteiger partial charge in [0.2, 0.25) is 0 Å². The molecule has 0 aliphatic rings. The highest BCUT2D eigenvalue weighted by molar-refractivity contribution is 5.65. The summed E-state index contributed by atoms with van der Waals surface area (Å²) in [7, 11) is 0. The van der Waals surface area contributed by atoms with Crippen molar-refractivity contribution in [2.75, 3.05) is 0 Å². The molecular formula is C15H11. The molecule has 0 unspecified atom stereocenters. The maximum atomic E-state index is 3.06. The van der Waals surface area contributed by atoms with Crippen LogP contribution >= 0.6 is 0 Å². The van der Waals surface area contributed by atoms with Gasteiger partial charge in [0.05, 0.1) is 0 Å². The minimum Gasteiger partial charge on any atom is -0.101 e. The van der Waals surface area contributed by atoms with E-state index in [1.807, 2.05) is 31.2 Å². The van der Waals surface area contributed by atoms with E-state index < -0.39 is 0 Å². The third-order valence-electron chi connectivity index (χ3n) is 2.18. The van der Waals surface area contributed by atoms with Crippen LogP contribution < -0.4 is 0 Å². The Labute approximate surface area is 90.6 Å². The van der Waals surface area contributed by atoms with Crippen molar-refractivity contribution in [1.82, 2.24) is 0 Å². The first-order chi connectivity index (χ1) is 7.40. The second kappa shape index (κ2) is 4.48. The zero-order valence-corrected chi connectivity index (χ0v) is 8.62. The van der Waals surface area contributed by atoms with Gasteiger partial charge in [-0.05, 0) is 36.2 Å². The lowest BCUT2D eigenvalue weighted by atomic mass is 10.0. The number of rotatable bonds is 1. The molecule has 0 atom stereocenters. The van der Waals surface area contributed by atoms with Crippen LogP contribution in [-0.4, -0.2) is 0 Å². The minimum atomic E-state index is 1.06. The molecule has 0 heterocycles. The Morgan fingerprint density at radius 3 is 2.53 bits per heavy atom. The Bertz CT molecular complexity index is 498. The highest BCUT2D eigenvalue weighted by Gasteiger charge is 1.96. The van der Waals surface area contributed by atoms with Gasteiger partial charge < -0.3 is 0 Å². The van der Waals surface area contributed by atoms with E-state index in [0.29, 0.717) is 0 Å². The normalized spacial score (nSPS) is 9.13. The molecule has 0 aromatic heterocycles. The lowest BCUT2D eigenvalue weighted by Gasteiger charge is -2.01. The lowest BCUT2D eigenvalue weighted by Crippen LogP contribution is -1.79. The molecule has 1 radical (unpaired) electrons. The number of hydrogen-bond donors (Lipinski definition) is 0. The van der Waals surface area contributed by atoms with Gasteiger partial charge >= 0.3 is 0 Å². The van der Waals surface area contributed by atoms with Crippen molar-refractivity contribution in [2.45, 2.75) is 6.92 Å². The molecule has 0 aliphatic heterocycles. The molecule has 0 spiro atoms. The fourth-order valence-electron chi connectivity index (χ4n) is 1.50. The summed E-state index contributed by atoms with van der Waals surface area (Å²) in [5, 5.41) is 0. The summed E-state index contributed by atoms with van der Waals surface area (Å²) in [4.78, 5) is 0. The van der Waals surface area contributed by atoms with Crippen LogP contribution in [0.25, 0.3) is 11.1 Å².